The van der Waals surface area contributed by atoms with Gasteiger partial charge >= 0.3 is 0 Å². The van der Waals surface area contributed by atoms with Gasteiger partial charge in [0.05, 0.1) is 0 Å². The minimum absolute atomic E-state index is 0.300. The summed E-state index contributed by atoms with van der Waals surface area (Å²) in [6, 6.07) is 5.61. The van der Waals surface area contributed by atoms with Crippen LogP contribution in [-0.4, -0.2) is 17.9 Å². The molecule has 0 radical (unpaired) electrons. The molecule has 17 heavy (non-hydrogen) atoms. The highest BCUT2D eigenvalue weighted by Crippen LogP contribution is 2.09. The van der Waals surface area contributed by atoms with Gasteiger partial charge in [0.15, 0.2) is 0 Å². The number of carbonyl (C=O) groups excluding carboxylic acids is 2. The molecule has 1 aromatic rings. The van der Waals surface area contributed by atoms with Crippen LogP contribution in [0.1, 0.15) is 16.8 Å². The fourth-order valence-corrected chi connectivity index (χ4v) is 1.38. The molecule has 0 aromatic heterocycles. The Morgan fingerprint density at radius 3 is 2.47 bits per heavy atom. The van der Waals surface area contributed by atoms with Crippen molar-refractivity contribution in [2.75, 3.05) is 0 Å². The van der Waals surface area contributed by atoms with Crippen molar-refractivity contribution in [2.24, 2.45) is 5.73 Å². The minimum Gasteiger partial charge on any atom is -0.368 e. The highest BCUT2D eigenvalue weighted by Gasteiger charge is 2.17. The van der Waals surface area contributed by atoms with Crippen LogP contribution in [0.25, 0.3) is 0 Å². The molecule has 5 heteroatoms. The van der Waals surface area contributed by atoms with Crippen molar-refractivity contribution in [1.82, 2.24) is 5.32 Å². The predicted octanol–water partition coefficient (Wildman–Crippen LogP) is 1.50. The second-order valence-electron chi connectivity index (χ2n) is 3.46. The zero-order chi connectivity index (χ0) is 12.8. The minimum atomic E-state index is -0.740. The highest BCUT2D eigenvalue weighted by atomic mass is 35.5. The maximum Gasteiger partial charge on any atom is 0.251 e. The smallest absolute Gasteiger partial charge is 0.251 e. The van der Waals surface area contributed by atoms with E-state index in [1.165, 1.54) is 6.08 Å². The van der Waals surface area contributed by atoms with E-state index in [4.69, 9.17) is 17.3 Å². The number of hydrogen-bond donors (Lipinski definition) is 2. The Morgan fingerprint density at radius 1 is 1.41 bits per heavy atom. The van der Waals surface area contributed by atoms with Crippen LogP contribution in [0.5, 0.6) is 0 Å². The first-order chi connectivity index (χ1) is 8.04. The number of rotatable bonds is 5. The maximum absolute atomic E-state index is 11.7. The molecular weight excluding hydrogens is 240 g/mol. The Labute approximate surface area is 104 Å². The fourth-order valence-electron chi connectivity index (χ4n) is 1.26. The predicted molar refractivity (Wildman–Crippen MR) is 66.7 cm³/mol. The Balaban J connectivity index is 2.73. The first-order valence-corrected chi connectivity index (χ1v) is 5.39. The van der Waals surface area contributed by atoms with Gasteiger partial charge in [0.1, 0.15) is 6.04 Å². The molecule has 90 valence electrons. The lowest BCUT2D eigenvalue weighted by molar-refractivity contribution is -0.119. The third-order valence-corrected chi connectivity index (χ3v) is 2.41. The summed E-state index contributed by atoms with van der Waals surface area (Å²) in [6.07, 6.45) is 1.83. The van der Waals surface area contributed by atoms with Crippen LogP contribution >= 0.6 is 11.6 Å². The van der Waals surface area contributed by atoms with Crippen molar-refractivity contribution in [3.05, 3.63) is 47.5 Å². The Bertz CT molecular complexity index is 429. The SMILES string of the molecule is C=CC[C@H](NC(=O)c1ccc(Cl)cc1)C(N)=O. The lowest BCUT2D eigenvalue weighted by atomic mass is 10.1. The monoisotopic (exact) mass is 252 g/mol. The zero-order valence-corrected chi connectivity index (χ0v) is 9.91. The van der Waals surface area contributed by atoms with Crippen LogP contribution in [0, 0.1) is 0 Å². The lowest BCUT2D eigenvalue weighted by Gasteiger charge is -2.13. The molecule has 0 heterocycles. The second-order valence-corrected chi connectivity index (χ2v) is 3.90. The van der Waals surface area contributed by atoms with Crippen LogP contribution < -0.4 is 11.1 Å². The second kappa shape index (κ2) is 6.06. The van der Waals surface area contributed by atoms with Crippen molar-refractivity contribution >= 4 is 23.4 Å². The fraction of sp³-hybridized carbons (Fsp3) is 0.167. The molecule has 0 bridgehead atoms. The van der Waals surface area contributed by atoms with E-state index in [1.54, 1.807) is 24.3 Å². The standard InChI is InChI=1S/C12H13ClN2O2/c1-2-3-10(11(14)16)15-12(17)8-4-6-9(13)7-5-8/h2,4-7,10H,1,3H2,(H2,14,16)(H,15,17)/t10-/m0/s1. The number of benzene rings is 1. The van der Waals surface area contributed by atoms with Gasteiger partial charge in [0, 0.05) is 10.6 Å². The quantitative estimate of drug-likeness (QED) is 0.780. The van der Waals surface area contributed by atoms with E-state index in [9.17, 15) is 9.59 Å². The summed E-state index contributed by atoms with van der Waals surface area (Å²) < 4.78 is 0. The van der Waals surface area contributed by atoms with Gasteiger partial charge in [-0.1, -0.05) is 17.7 Å². The number of primary amides is 1. The van der Waals surface area contributed by atoms with Crippen molar-refractivity contribution in [3.63, 3.8) is 0 Å². The molecule has 1 atom stereocenters. The van der Waals surface area contributed by atoms with E-state index < -0.39 is 11.9 Å². The van der Waals surface area contributed by atoms with Gasteiger partial charge in [-0.15, -0.1) is 6.58 Å². The average molecular weight is 253 g/mol. The molecule has 0 unspecified atom stereocenters. The van der Waals surface area contributed by atoms with Gasteiger partial charge in [-0.3, -0.25) is 9.59 Å². The summed E-state index contributed by atoms with van der Waals surface area (Å²) in [5.41, 5.74) is 5.57. The Hall–Kier alpha value is -1.81. The van der Waals surface area contributed by atoms with Gasteiger partial charge < -0.3 is 11.1 Å². The third-order valence-electron chi connectivity index (χ3n) is 2.16. The Morgan fingerprint density at radius 2 is 2.00 bits per heavy atom. The average Bonchev–Trinajstić information content (AvgIpc) is 2.29. The summed E-state index contributed by atoms with van der Waals surface area (Å²) in [5.74, 6) is -0.959. The molecule has 0 fully saturated rings. The molecular formula is C12H13ClN2O2. The summed E-state index contributed by atoms with van der Waals surface area (Å²) >= 11 is 5.70. The molecule has 0 saturated heterocycles. The van der Waals surface area contributed by atoms with Crippen LogP contribution in [0.3, 0.4) is 0 Å². The normalized spacial score (nSPS) is 11.6. The molecule has 0 aliphatic rings. The van der Waals surface area contributed by atoms with Crippen LogP contribution in [0.2, 0.25) is 5.02 Å². The van der Waals surface area contributed by atoms with Gasteiger partial charge in [0.2, 0.25) is 5.91 Å². The molecule has 3 N–H and O–H groups in total. The lowest BCUT2D eigenvalue weighted by Crippen LogP contribution is -2.44. The van der Waals surface area contributed by atoms with E-state index in [0.29, 0.717) is 17.0 Å². The van der Waals surface area contributed by atoms with Crippen LogP contribution in [-0.2, 0) is 4.79 Å². The number of hydrogen-bond acceptors (Lipinski definition) is 2. The number of halogens is 1. The third kappa shape index (κ3) is 3.92. The molecule has 0 aliphatic heterocycles. The molecule has 0 spiro atoms. The Kier molecular flexibility index (Phi) is 4.72. The number of nitrogens with two attached hydrogens (primary N) is 1. The van der Waals surface area contributed by atoms with Gasteiger partial charge in [-0.25, -0.2) is 0 Å². The summed E-state index contributed by atoms with van der Waals surface area (Å²) in [5, 5.41) is 3.07. The van der Waals surface area contributed by atoms with Crippen molar-refractivity contribution in [3.8, 4) is 0 Å². The van der Waals surface area contributed by atoms with Gasteiger partial charge in [-0.2, -0.15) is 0 Å². The number of amides is 2. The van der Waals surface area contributed by atoms with E-state index in [-0.39, 0.29) is 5.91 Å². The summed E-state index contributed by atoms with van der Waals surface area (Å²) in [4.78, 5) is 22.8. The topological polar surface area (TPSA) is 72.2 Å². The first kappa shape index (κ1) is 13.3. The molecule has 4 nitrogen and oxygen atoms in total. The van der Waals surface area contributed by atoms with Crippen molar-refractivity contribution in [1.29, 1.82) is 0 Å². The van der Waals surface area contributed by atoms with E-state index in [1.807, 2.05) is 0 Å². The number of nitrogens with one attached hydrogen (secondary N) is 1. The summed E-state index contributed by atoms with van der Waals surface area (Å²) in [6.45, 7) is 3.50. The first-order valence-electron chi connectivity index (χ1n) is 5.01. The van der Waals surface area contributed by atoms with Crippen LogP contribution in [0.4, 0.5) is 0 Å². The zero-order valence-electron chi connectivity index (χ0n) is 9.15. The van der Waals surface area contributed by atoms with Crippen molar-refractivity contribution in [2.45, 2.75) is 12.5 Å². The molecule has 1 rings (SSSR count). The van der Waals surface area contributed by atoms with E-state index in [2.05, 4.69) is 11.9 Å². The number of carbonyl (C=O) groups is 2. The largest absolute Gasteiger partial charge is 0.368 e. The van der Waals surface area contributed by atoms with Crippen LogP contribution in [0.15, 0.2) is 36.9 Å². The molecule has 1 aromatic carbocycles. The maximum atomic E-state index is 11.7. The van der Waals surface area contributed by atoms with Gasteiger partial charge in [-0.05, 0) is 30.7 Å². The van der Waals surface area contributed by atoms with Crippen molar-refractivity contribution < 1.29 is 9.59 Å². The van der Waals surface area contributed by atoms with E-state index >= 15 is 0 Å². The van der Waals surface area contributed by atoms with Gasteiger partial charge in [0.25, 0.3) is 5.91 Å². The van der Waals surface area contributed by atoms with E-state index in [0.717, 1.165) is 0 Å². The molecule has 0 aliphatic carbocycles. The highest BCUT2D eigenvalue weighted by molar-refractivity contribution is 6.30. The summed E-state index contributed by atoms with van der Waals surface area (Å²) in [7, 11) is 0. The molecule has 2 amide bonds. The molecule has 0 saturated carbocycles.